The van der Waals surface area contributed by atoms with E-state index in [1.165, 1.54) is 26.4 Å². The zero-order chi connectivity index (χ0) is 31.6. The van der Waals surface area contributed by atoms with Crippen molar-refractivity contribution in [2.45, 2.75) is 64.4 Å². The highest BCUT2D eigenvalue weighted by molar-refractivity contribution is 5.98. The Balaban J connectivity index is 1.76. The summed E-state index contributed by atoms with van der Waals surface area (Å²) in [6, 6.07) is 16.7. The van der Waals surface area contributed by atoms with Gasteiger partial charge >= 0.3 is 6.09 Å². The van der Waals surface area contributed by atoms with Crippen LogP contribution in [0.1, 0.15) is 51.8 Å². The maximum atomic E-state index is 13.4. The number of carbonyl (C=O) groups excluding carboxylic acids is 4. The Labute approximate surface area is 251 Å². The summed E-state index contributed by atoms with van der Waals surface area (Å²) in [4.78, 5) is 56.0. The number of carbonyl (C=O) groups is 4. The van der Waals surface area contributed by atoms with Gasteiger partial charge in [0, 0.05) is 13.2 Å². The fourth-order valence-corrected chi connectivity index (χ4v) is 3.99. The number of amides is 4. The fourth-order valence-electron chi connectivity index (χ4n) is 3.99. The van der Waals surface area contributed by atoms with Gasteiger partial charge in [0.2, 0.25) is 11.8 Å². The SMILES string of the molecule is CNC(=O)C(c1ccccc1)n1cnc(NC(=O)[C@@H](COCc2ccccc2)NC(=O)C(C)(C)NC(=O)OC(C)(C)C)c1. The maximum Gasteiger partial charge on any atom is 0.408 e. The zero-order valence-corrected chi connectivity index (χ0v) is 25.3. The van der Waals surface area contributed by atoms with Crippen LogP contribution in [0.25, 0.3) is 0 Å². The molecule has 0 saturated heterocycles. The summed E-state index contributed by atoms with van der Waals surface area (Å²) in [7, 11) is 1.54. The highest BCUT2D eigenvalue weighted by Crippen LogP contribution is 2.20. The molecule has 4 N–H and O–H groups in total. The number of nitrogens with one attached hydrogen (secondary N) is 4. The quantitative estimate of drug-likeness (QED) is 0.252. The molecule has 0 fully saturated rings. The predicted octanol–water partition coefficient (Wildman–Crippen LogP) is 3.16. The molecule has 43 heavy (non-hydrogen) atoms. The molecular formula is C31H40N6O6. The molecule has 3 rings (SSSR count). The second-order valence-corrected chi connectivity index (χ2v) is 11.4. The van der Waals surface area contributed by atoms with E-state index in [1.807, 2.05) is 60.7 Å². The monoisotopic (exact) mass is 592 g/mol. The van der Waals surface area contributed by atoms with Crippen molar-refractivity contribution in [2.24, 2.45) is 0 Å². The molecule has 0 bridgehead atoms. The van der Waals surface area contributed by atoms with Crippen LogP contribution in [-0.2, 0) is 30.5 Å². The second kappa shape index (κ2) is 14.5. The number of benzene rings is 2. The molecule has 3 aromatic rings. The van der Waals surface area contributed by atoms with Gasteiger partial charge in [0.15, 0.2) is 5.82 Å². The molecule has 1 aromatic heterocycles. The molecule has 2 atom stereocenters. The van der Waals surface area contributed by atoms with Gasteiger partial charge in [-0.15, -0.1) is 0 Å². The van der Waals surface area contributed by atoms with Crippen LogP contribution < -0.4 is 21.3 Å². The number of ether oxygens (including phenoxy) is 2. The van der Waals surface area contributed by atoms with Crippen molar-refractivity contribution in [2.75, 3.05) is 19.0 Å². The van der Waals surface area contributed by atoms with Gasteiger partial charge in [-0.3, -0.25) is 14.4 Å². The van der Waals surface area contributed by atoms with Crippen LogP contribution in [-0.4, -0.2) is 64.2 Å². The minimum atomic E-state index is -1.42. The van der Waals surface area contributed by atoms with E-state index in [0.29, 0.717) is 0 Å². The number of likely N-dealkylation sites (N-methyl/N-ethyl adjacent to an activating group) is 1. The fraction of sp³-hybridized carbons (Fsp3) is 0.387. The van der Waals surface area contributed by atoms with Crippen LogP contribution in [0.3, 0.4) is 0 Å². The average molecular weight is 593 g/mol. The molecule has 0 aliphatic rings. The van der Waals surface area contributed by atoms with Crippen LogP contribution in [0.15, 0.2) is 73.2 Å². The van der Waals surface area contributed by atoms with Crippen molar-refractivity contribution >= 4 is 29.6 Å². The Bertz CT molecular complexity index is 1380. The molecule has 0 spiro atoms. The van der Waals surface area contributed by atoms with E-state index in [1.54, 1.807) is 32.4 Å². The molecule has 0 saturated carbocycles. The average Bonchev–Trinajstić information content (AvgIpc) is 3.39. The lowest BCUT2D eigenvalue weighted by molar-refractivity contribution is -0.131. The molecule has 0 radical (unpaired) electrons. The maximum absolute atomic E-state index is 13.4. The summed E-state index contributed by atoms with van der Waals surface area (Å²) in [6.07, 6.45) is 2.20. The van der Waals surface area contributed by atoms with Gasteiger partial charge in [0.25, 0.3) is 5.91 Å². The highest BCUT2D eigenvalue weighted by Gasteiger charge is 2.35. The van der Waals surface area contributed by atoms with Crippen molar-refractivity contribution in [3.05, 3.63) is 84.3 Å². The Kier molecular flexibility index (Phi) is 11.0. The van der Waals surface area contributed by atoms with Crippen molar-refractivity contribution in [3.8, 4) is 0 Å². The standard InChI is InChI=1S/C31H40N6O6/c1-30(2,3)43-29(41)36-31(4,5)28(40)34-23(19-42-18-21-13-9-7-10-14-21)26(38)35-24-17-37(20-33-24)25(27(39)32-6)22-15-11-8-12-16-22/h7-17,20,23,25H,18-19H2,1-6H3,(H,32,39)(H,34,40)(H,35,38)(H,36,41)/t23-,25?/m1/s1. The van der Waals surface area contributed by atoms with E-state index in [-0.39, 0.29) is 24.9 Å². The van der Waals surface area contributed by atoms with Gasteiger partial charge in [-0.25, -0.2) is 9.78 Å². The summed E-state index contributed by atoms with van der Waals surface area (Å²) < 4.78 is 12.6. The first-order valence-corrected chi connectivity index (χ1v) is 13.8. The first-order chi connectivity index (χ1) is 20.3. The zero-order valence-electron chi connectivity index (χ0n) is 25.3. The first kappa shape index (κ1) is 32.8. The number of hydrogen-bond acceptors (Lipinski definition) is 7. The van der Waals surface area contributed by atoms with Gasteiger partial charge in [0.05, 0.1) is 19.5 Å². The number of nitrogens with zero attached hydrogens (tertiary/aromatic N) is 2. The lowest BCUT2D eigenvalue weighted by atomic mass is 10.0. The largest absolute Gasteiger partial charge is 0.444 e. The van der Waals surface area contributed by atoms with Gasteiger partial charge in [-0.1, -0.05) is 60.7 Å². The lowest BCUT2D eigenvalue weighted by Gasteiger charge is -2.29. The molecule has 0 aliphatic heterocycles. The van der Waals surface area contributed by atoms with E-state index in [0.717, 1.165) is 11.1 Å². The number of rotatable bonds is 12. The van der Waals surface area contributed by atoms with Gasteiger partial charge in [0.1, 0.15) is 23.2 Å². The number of anilines is 1. The van der Waals surface area contributed by atoms with E-state index >= 15 is 0 Å². The van der Waals surface area contributed by atoms with Crippen LogP contribution in [0.5, 0.6) is 0 Å². The molecule has 0 aliphatic carbocycles. The smallest absolute Gasteiger partial charge is 0.408 e. The van der Waals surface area contributed by atoms with Crippen LogP contribution in [0.4, 0.5) is 10.6 Å². The van der Waals surface area contributed by atoms with E-state index < -0.39 is 41.1 Å². The molecule has 4 amide bonds. The number of aromatic nitrogens is 2. The Hall–Kier alpha value is -4.71. The van der Waals surface area contributed by atoms with Gasteiger partial charge in [-0.05, 0) is 45.7 Å². The summed E-state index contributed by atoms with van der Waals surface area (Å²) >= 11 is 0. The Morgan fingerprint density at radius 1 is 0.907 bits per heavy atom. The number of hydrogen-bond donors (Lipinski definition) is 4. The predicted molar refractivity (Wildman–Crippen MR) is 161 cm³/mol. The third-order valence-electron chi connectivity index (χ3n) is 6.16. The Morgan fingerprint density at radius 3 is 2.14 bits per heavy atom. The van der Waals surface area contributed by atoms with Crippen molar-refractivity contribution in [3.63, 3.8) is 0 Å². The molecule has 12 nitrogen and oxygen atoms in total. The van der Waals surface area contributed by atoms with Crippen LogP contribution in [0.2, 0.25) is 0 Å². The minimum absolute atomic E-state index is 0.166. The molecule has 2 aromatic carbocycles. The van der Waals surface area contributed by atoms with Crippen LogP contribution >= 0.6 is 0 Å². The van der Waals surface area contributed by atoms with Crippen LogP contribution in [0, 0.1) is 0 Å². The summed E-state index contributed by atoms with van der Waals surface area (Å²) in [6.45, 7) is 8.17. The van der Waals surface area contributed by atoms with Gasteiger partial charge < -0.3 is 35.3 Å². The number of imidazole rings is 1. The number of alkyl carbamates (subject to hydrolysis) is 1. The topological polar surface area (TPSA) is 153 Å². The third kappa shape index (κ3) is 9.96. The Morgan fingerprint density at radius 2 is 1.53 bits per heavy atom. The lowest BCUT2D eigenvalue weighted by Crippen LogP contribution is -2.59. The summed E-state index contributed by atoms with van der Waals surface area (Å²) in [5, 5.41) is 10.6. The van der Waals surface area contributed by atoms with Crippen molar-refractivity contribution in [1.82, 2.24) is 25.5 Å². The molecule has 1 heterocycles. The van der Waals surface area contributed by atoms with Crippen molar-refractivity contribution < 1.29 is 28.7 Å². The van der Waals surface area contributed by atoms with E-state index in [4.69, 9.17) is 9.47 Å². The summed E-state index contributed by atoms with van der Waals surface area (Å²) in [5.41, 5.74) is -0.556. The molecule has 230 valence electrons. The molecular weight excluding hydrogens is 552 g/mol. The first-order valence-electron chi connectivity index (χ1n) is 13.8. The minimum Gasteiger partial charge on any atom is -0.444 e. The normalized spacial score (nSPS) is 12.9. The third-order valence-corrected chi connectivity index (χ3v) is 6.16. The summed E-state index contributed by atoms with van der Waals surface area (Å²) in [5.74, 6) is -1.32. The highest BCUT2D eigenvalue weighted by atomic mass is 16.6. The van der Waals surface area contributed by atoms with E-state index in [2.05, 4.69) is 26.3 Å². The second-order valence-electron chi connectivity index (χ2n) is 11.4. The van der Waals surface area contributed by atoms with E-state index in [9.17, 15) is 19.2 Å². The van der Waals surface area contributed by atoms with Crippen molar-refractivity contribution in [1.29, 1.82) is 0 Å². The molecule has 1 unspecified atom stereocenters. The molecule has 12 heteroatoms. The van der Waals surface area contributed by atoms with Gasteiger partial charge in [-0.2, -0.15) is 0 Å².